The molecular formula is C21H21N5O3. The van der Waals surface area contributed by atoms with Crippen LogP contribution in [0.5, 0.6) is 0 Å². The van der Waals surface area contributed by atoms with Gasteiger partial charge in [-0.2, -0.15) is 0 Å². The predicted molar refractivity (Wildman–Crippen MR) is 105 cm³/mol. The van der Waals surface area contributed by atoms with Gasteiger partial charge in [-0.1, -0.05) is 18.2 Å². The number of imide groups is 1. The molecule has 1 fully saturated rings. The fourth-order valence-electron chi connectivity index (χ4n) is 4.19. The number of nitrogens with one attached hydrogen (secondary N) is 3. The Kier molecular flexibility index (Phi) is 4.28. The van der Waals surface area contributed by atoms with Crippen molar-refractivity contribution >= 4 is 23.5 Å². The van der Waals surface area contributed by atoms with Gasteiger partial charge in [-0.3, -0.25) is 19.7 Å². The summed E-state index contributed by atoms with van der Waals surface area (Å²) in [6.45, 7) is 2.64. The number of rotatable bonds is 4. The maximum Gasteiger partial charge on any atom is 0.255 e. The van der Waals surface area contributed by atoms with Crippen LogP contribution in [0, 0.1) is 0 Å². The van der Waals surface area contributed by atoms with Crippen molar-refractivity contribution < 1.29 is 14.4 Å². The van der Waals surface area contributed by atoms with Gasteiger partial charge in [0.1, 0.15) is 11.9 Å². The van der Waals surface area contributed by atoms with Crippen LogP contribution in [-0.4, -0.2) is 33.6 Å². The summed E-state index contributed by atoms with van der Waals surface area (Å²) < 4.78 is 0. The third kappa shape index (κ3) is 3.25. The second-order valence-corrected chi connectivity index (χ2v) is 7.65. The van der Waals surface area contributed by atoms with E-state index in [1.807, 2.05) is 24.3 Å². The first-order valence-electron chi connectivity index (χ1n) is 9.78. The number of carbonyl (C=O) groups excluding carboxylic acids is 3. The number of nitrogens with zero attached hydrogens (tertiary/aromatic N) is 2. The van der Waals surface area contributed by atoms with E-state index in [1.54, 1.807) is 4.90 Å². The largest absolute Gasteiger partial charge is 0.366 e. The molecule has 0 spiro atoms. The minimum absolute atomic E-state index is 0.151. The molecule has 1 atom stereocenters. The predicted octanol–water partition coefficient (Wildman–Crippen LogP) is 1.06. The maximum absolute atomic E-state index is 12.8. The van der Waals surface area contributed by atoms with Gasteiger partial charge in [0, 0.05) is 38.2 Å². The van der Waals surface area contributed by atoms with E-state index < -0.39 is 6.04 Å². The van der Waals surface area contributed by atoms with Gasteiger partial charge in [0.15, 0.2) is 0 Å². The molecule has 0 aliphatic carbocycles. The van der Waals surface area contributed by atoms with Crippen molar-refractivity contribution in [3.8, 4) is 0 Å². The van der Waals surface area contributed by atoms with Crippen molar-refractivity contribution in [1.29, 1.82) is 0 Å². The van der Waals surface area contributed by atoms with Crippen molar-refractivity contribution in [3.63, 3.8) is 0 Å². The normalized spacial score (nSPS) is 20.5. The summed E-state index contributed by atoms with van der Waals surface area (Å²) in [4.78, 5) is 42.5. The SMILES string of the molecule is O=C1CCC(N2Cc3cc(CNc4ccc5c(n4)CNC5)ccc3C2=O)C(=O)N1. The van der Waals surface area contributed by atoms with Crippen LogP contribution in [0.4, 0.5) is 5.82 Å². The molecule has 148 valence electrons. The number of carbonyl (C=O) groups is 3. The summed E-state index contributed by atoms with van der Waals surface area (Å²) in [7, 11) is 0. The average Bonchev–Trinajstić information content (AvgIpc) is 3.30. The van der Waals surface area contributed by atoms with Gasteiger partial charge in [0.25, 0.3) is 5.91 Å². The fourth-order valence-corrected chi connectivity index (χ4v) is 4.19. The molecule has 3 N–H and O–H groups in total. The van der Waals surface area contributed by atoms with Crippen LogP contribution in [0.1, 0.15) is 45.6 Å². The van der Waals surface area contributed by atoms with E-state index in [9.17, 15) is 14.4 Å². The second-order valence-electron chi connectivity index (χ2n) is 7.65. The van der Waals surface area contributed by atoms with Crippen molar-refractivity contribution in [2.75, 3.05) is 5.32 Å². The number of fused-ring (bicyclic) bond motifs is 2. The van der Waals surface area contributed by atoms with Gasteiger partial charge < -0.3 is 15.5 Å². The highest BCUT2D eigenvalue weighted by atomic mass is 16.2. The highest BCUT2D eigenvalue weighted by Crippen LogP contribution is 2.28. The van der Waals surface area contributed by atoms with Gasteiger partial charge in [0.2, 0.25) is 11.8 Å². The Balaban J connectivity index is 1.28. The molecule has 3 aliphatic rings. The first kappa shape index (κ1) is 17.8. The summed E-state index contributed by atoms with van der Waals surface area (Å²) in [5.41, 5.74) is 4.89. The number of hydrogen-bond donors (Lipinski definition) is 3. The van der Waals surface area contributed by atoms with E-state index in [-0.39, 0.29) is 24.1 Å². The molecule has 8 nitrogen and oxygen atoms in total. The first-order chi connectivity index (χ1) is 14.1. The molecule has 5 rings (SSSR count). The van der Waals surface area contributed by atoms with Crippen LogP contribution in [0.25, 0.3) is 0 Å². The van der Waals surface area contributed by atoms with E-state index in [0.29, 0.717) is 25.1 Å². The van der Waals surface area contributed by atoms with Crippen molar-refractivity contribution in [1.82, 2.24) is 20.5 Å². The summed E-state index contributed by atoms with van der Waals surface area (Å²) in [6.07, 6.45) is 0.632. The minimum atomic E-state index is -0.585. The van der Waals surface area contributed by atoms with Gasteiger partial charge in [0.05, 0.1) is 5.69 Å². The summed E-state index contributed by atoms with van der Waals surface area (Å²) in [6, 6.07) is 9.23. The number of amides is 3. The van der Waals surface area contributed by atoms with Crippen LogP contribution < -0.4 is 16.0 Å². The molecule has 1 aromatic heterocycles. The number of piperidine rings is 1. The smallest absolute Gasteiger partial charge is 0.255 e. The molecule has 29 heavy (non-hydrogen) atoms. The van der Waals surface area contributed by atoms with Gasteiger partial charge in [-0.15, -0.1) is 0 Å². The van der Waals surface area contributed by atoms with Gasteiger partial charge >= 0.3 is 0 Å². The van der Waals surface area contributed by atoms with Crippen LogP contribution in [0.15, 0.2) is 30.3 Å². The van der Waals surface area contributed by atoms with E-state index in [1.165, 1.54) is 5.56 Å². The van der Waals surface area contributed by atoms with Gasteiger partial charge in [-0.05, 0) is 35.2 Å². The Bertz CT molecular complexity index is 1030. The zero-order chi connectivity index (χ0) is 20.0. The number of hydrogen-bond acceptors (Lipinski definition) is 6. The van der Waals surface area contributed by atoms with E-state index in [4.69, 9.17) is 0 Å². The third-order valence-corrected chi connectivity index (χ3v) is 5.74. The summed E-state index contributed by atoms with van der Waals surface area (Å²) in [5, 5.41) is 8.95. The highest BCUT2D eigenvalue weighted by molar-refractivity contribution is 6.05. The zero-order valence-electron chi connectivity index (χ0n) is 15.8. The molecule has 4 heterocycles. The molecule has 3 amide bonds. The number of benzene rings is 1. The lowest BCUT2D eigenvalue weighted by Crippen LogP contribution is -2.52. The van der Waals surface area contributed by atoms with Crippen molar-refractivity contribution in [2.45, 2.75) is 45.1 Å². The summed E-state index contributed by atoms with van der Waals surface area (Å²) in [5.74, 6) is 0.0113. The van der Waals surface area contributed by atoms with E-state index in [0.717, 1.165) is 35.7 Å². The molecule has 8 heteroatoms. The zero-order valence-corrected chi connectivity index (χ0v) is 15.8. The molecule has 1 aromatic carbocycles. The van der Waals surface area contributed by atoms with Crippen LogP contribution in [0.2, 0.25) is 0 Å². The fraction of sp³-hybridized carbons (Fsp3) is 0.333. The Morgan fingerprint density at radius 3 is 2.86 bits per heavy atom. The Hall–Kier alpha value is -3.26. The van der Waals surface area contributed by atoms with Crippen LogP contribution >= 0.6 is 0 Å². The second kappa shape index (κ2) is 6.97. The Labute approximate surface area is 167 Å². The van der Waals surface area contributed by atoms with Crippen LogP contribution in [0.3, 0.4) is 0 Å². The third-order valence-electron chi connectivity index (χ3n) is 5.74. The molecular weight excluding hydrogens is 370 g/mol. The molecule has 3 aliphatic heterocycles. The number of anilines is 1. The quantitative estimate of drug-likeness (QED) is 0.674. The highest BCUT2D eigenvalue weighted by Gasteiger charge is 2.39. The van der Waals surface area contributed by atoms with Gasteiger partial charge in [-0.25, -0.2) is 4.98 Å². The Morgan fingerprint density at radius 1 is 1.10 bits per heavy atom. The van der Waals surface area contributed by atoms with Crippen molar-refractivity contribution in [3.05, 3.63) is 58.3 Å². The first-order valence-corrected chi connectivity index (χ1v) is 9.78. The lowest BCUT2D eigenvalue weighted by molar-refractivity contribution is -0.136. The number of pyridine rings is 1. The lowest BCUT2D eigenvalue weighted by atomic mass is 10.0. The molecule has 0 saturated carbocycles. The standard InChI is InChI=1S/C21H21N5O3/c27-19-6-4-17(20(28)25-19)26-11-14-7-12(1-3-15(14)21(26)29)8-23-18-5-2-13-9-22-10-16(13)24-18/h1-3,5,7,17,22H,4,6,8-11H2,(H,23,24)(H,25,27,28). The summed E-state index contributed by atoms with van der Waals surface area (Å²) >= 11 is 0. The number of aromatic nitrogens is 1. The Morgan fingerprint density at radius 2 is 2.00 bits per heavy atom. The van der Waals surface area contributed by atoms with Crippen LogP contribution in [-0.2, 0) is 35.8 Å². The minimum Gasteiger partial charge on any atom is -0.366 e. The molecule has 2 aromatic rings. The molecule has 0 radical (unpaired) electrons. The van der Waals surface area contributed by atoms with Crippen molar-refractivity contribution in [2.24, 2.45) is 0 Å². The topological polar surface area (TPSA) is 103 Å². The molecule has 1 saturated heterocycles. The average molecular weight is 391 g/mol. The molecule has 0 bridgehead atoms. The molecule has 1 unspecified atom stereocenters. The maximum atomic E-state index is 12.8. The van der Waals surface area contributed by atoms with E-state index >= 15 is 0 Å². The van der Waals surface area contributed by atoms with E-state index in [2.05, 4.69) is 27.0 Å². The lowest BCUT2D eigenvalue weighted by Gasteiger charge is -2.29. The monoisotopic (exact) mass is 391 g/mol.